The molecule has 1 amide bonds. The van der Waals surface area contributed by atoms with E-state index >= 15 is 0 Å². The second-order valence-electron chi connectivity index (χ2n) is 3.18. The fourth-order valence-corrected chi connectivity index (χ4v) is 1.86. The first-order chi connectivity index (χ1) is 7.26. The highest BCUT2D eigenvalue weighted by atomic mass is 32.1. The molecule has 15 heavy (non-hydrogen) atoms. The summed E-state index contributed by atoms with van der Waals surface area (Å²) in [5.41, 5.74) is 3.60. The van der Waals surface area contributed by atoms with Crippen molar-refractivity contribution in [2.24, 2.45) is 5.10 Å². The Morgan fingerprint density at radius 2 is 2.20 bits per heavy atom. The fourth-order valence-electron chi connectivity index (χ4n) is 1.16. The summed E-state index contributed by atoms with van der Waals surface area (Å²) >= 11 is 1.59. The van der Waals surface area contributed by atoms with Crippen LogP contribution in [-0.4, -0.2) is 11.6 Å². The van der Waals surface area contributed by atoms with E-state index in [2.05, 4.69) is 10.5 Å². The fraction of sp³-hybridized carbons (Fsp3) is 0.455. The van der Waals surface area contributed by atoms with Crippen molar-refractivity contribution < 1.29 is 4.79 Å². The van der Waals surface area contributed by atoms with Crippen LogP contribution in [0.5, 0.6) is 0 Å². The number of hydrogen-bond acceptors (Lipinski definition) is 3. The largest absolute Gasteiger partial charge is 0.273 e. The summed E-state index contributed by atoms with van der Waals surface area (Å²) in [6.45, 7) is 4.07. The zero-order valence-corrected chi connectivity index (χ0v) is 9.93. The lowest BCUT2D eigenvalue weighted by atomic mass is 10.2. The van der Waals surface area contributed by atoms with Crippen LogP contribution in [-0.2, 0) is 11.2 Å². The molecule has 0 atom stereocenters. The number of rotatable bonds is 5. The van der Waals surface area contributed by atoms with Crippen molar-refractivity contribution in [3.63, 3.8) is 0 Å². The van der Waals surface area contributed by atoms with E-state index in [1.165, 1.54) is 0 Å². The SMILES string of the molecule is CCC(CC)=NNC(=O)Cc1cccs1. The van der Waals surface area contributed by atoms with Crippen LogP contribution in [0.1, 0.15) is 31.6 Å². The van der Waals surface area contributed by atoms with E-state index in [0.717, 1.165) is 23.4 Å². The standard InChI is InChI=1S/C11H16N2OS/c1-3-9(4-2)12-13-11(14)8-10-6-5-7-15-10/h5-7H,3-4,8H2,1-2H3,(H,13,14). The van der Waals surface area contributed by atoms with E-state index in [9.17, 15) is 4.79 Å². The second kappa shape index (κ2) is 6.35. The van der Waals surface area contributed by atoms with Gasteiger partial charge in [-0.1, -0.05) is 19.9 Å². The second-order valence-corrected chi connectivity index (χ2v) is 4.21. The lowest BCUT2D eigenvalue weighted by Crippen LogP contribution is -2.20. The lowest BCUT2D eigenvalue weighted by Gasteiger charge is -2.01. The third-order valence-corrected chi connectivity index (χ3v) is 2.95. The number of nitrogens with zero attached hydrogens (tertiary/aromatic N) is 1. The molecule has 0 saturated heterocycles. The van der Waals surface area contributed by atoms with Gasteiger partial charge in [0, 0.05) is 10.6 Å². The molecule has 0 fully saturated rings. The van der Waals surface area contributed by atoms with Crippen LogP contribution < -0.4 is 5.43 Å². The van der Waals surface area contributed by atoms with Gasteiger partial charge in [-0.15, -0.1) is 11.3 Å². The minimum Gasteiger partial charge on any atom is -0.273 e. The molecule has 82 valence electrons. The van der Waals surface area contributed by atoms with Gasteiger partial charge in [0.05, 0.1) is 6.42 Å². The van der Waals surface area contributed by atoms with Gasteiger partial charge in [0.25, 0.3) is 0 Å². The van der Waals surface area contributed by atoms with Crippen molar-refractivity contribution in [2.75, 3.05) is 0 Å². The van der Waals surface area contributed by atoms with Gasteiger partial charge >= 0.3 is 0 Å². The summed E-state index contributed by atoms with van der Waals surface area (Å²) in [5, 5.41) is 6.03. The Balaban J connectivity index is 2.39. The molecule has 3 nitrogen and oxygen atoms in total. The first-order valence-corrected chi connectivity index (χ1v) is 6.00. The molecule has 4 heteroatoms. The Labute approximate surface area is 94.2 Å². The van der Waals surface area contributed by atoms with Crippen LogP contribution in [0, 0.1) is 0 Å². The predicted octanol–water partition coefficient (Wildman–Crippen LogP) is 2.58. The maximum atomic E-state index is 11.4. The highest BCUT2D eigenvalue weighted by Crippen LogP contribution is 2.08. The van der Waals surface area contributed by atoms with E-state index in [1.54, 1.807) is 11.3 Å². The molecule has 0 aliphatic carbocycles. The van der Waals surface area contributed by atoms with Crippen LogP contribution >= 0.6 is 11.3 Å². The normalized spacial score (nSPS) is 9.73. The van der Waals surface area contributed by atoms with Gasteiger partial charge in [-0.05, 0) is 24.3 Å². The van der Waals surface area contributed by atoms with E-state index in [-0.39, 0.29) is 5.91 Å². The Morgan fingerprint density at radius 1 is 1.47 bits per heavy atom. The smallest absolute Gasteiger partial charge is 0.245 e. The minimum atomic E-state index is -0.0446. The van der Waals surface area contributed by atoms with Crippen LogP contribution in [0.4, 0.5) is 0 Å². The molecule has 0 aliphatic rings. The first-order valence-electron chi connectivity index (χ1n) is 5.12. The molecular weight excluding hydrogens is 208 g/mol. The Kier molecular flexibility index (Phi) is 5.04. The highest BCUT2D eigenvalue weighted by Gasteiger charge is 2.02. The lowest BCUT2D eigenvalue weighted by molar-refractivity contribution is -0.120. The van der Waals surface area contributed by atoms with Gasteiger partial charge in [-0.25, -0.2) is 5.43 Å². The number of carbonyl (C=O) groups is 1. The molecule has 0 aliphatic heterocycles. The average Bonchev–Trinajstić information content (AvgIpc) is 2.72. The molecular formula is C11H16N2OS. The number of carbonyl (C=O) groups excluding carboxylic acids is 1. The topological polar surface area (TPSA) is 41.5 Å². The van der Waals surface area contributed by atoms with Crippen LogP contribution in [0.15, 0.2) is 22.6 Å². The molecule has 0 radical (unpaired) electrons. The molecule has 0 bridgehead atoms. The minimum absolute atomic E-state index is 0.0446. The van der Waals surface area contributed by atoms with Crippen LogP contribution in [0.3, 0.4) is 0 Å². The summed E-state index contributed by atoms with van der Waals surface area (Å²) in [6, 6.07) is 3.90. The number of hydrazone groups is 1. The quantitative estimate of drug-likeness (QED) is 0.606. The zero-order chi connectivity index (χ0) is 11.1. The Morgan fingerprint density at radius 3 is 2.73 bits per heavy atom. The molecule has 1 aromatic rings. The summed E-state index contributed by atoms with van der Waals surface area (Å²) in [4.78, 5) is 12.5. The monoisotopic (exact) mass is 224 g/mol. The van der Waals surface area contributed by atoms with Crippen LogP contribution in [0.2, 0.25) is 0 Å². The average molecular weight is 224 g/mol. The Bertz CT molecular complexity index is 324. The maximum absolute atomic E-state index is 11.4. The van der Waals surface area contributed by atoms with Crippen molar-refractivity contribution in [2.45, 2.75) is 33.1 Å². The van der Waals surface area contributed by atoms with E-state index < -0.39 is 0 Å². The molecule has 0 saturated carbocycles. The summed E-state index contributed by atoms with van der Waals surface area (Å²) < 4.78 is 0. The number of nitrogens with one attached hydrogen (secondary N) is 1. The van der Waals surface area contributed by atoms with Crippen molar-refractivity contribution in [1.82, 2.24) is 5.43 Å². The molecule has 1 heterocycles. The van der Waals surface area contributed by atoms with E-state index in [0.29, 0.717) is 6.42 Å². The third kappa shape index (κ3) is 4.25. The van der Waals surface area contributed by atoms with Crippen molar-refractivity contribution in [3.8, 4) is 0 Å². The van der Waals surface area contributed by atoms with Gasteiger partial charge in [0.2, 0.25) is 5.91 Å². The molecule has 1 N–H and O–H groups in total. The summed E-state index contributed by atoms with van der Waals surface area (Å²) in [5.74, 6) is -0.0446. The summed E-state index contributed by atoms with van der Waals surface area (Å²) in [6.07, 6.45) is 2.19. The van der Waals surface area contributed by atoms with Gasteiger partial charge in [0.1, 0.15) is 0 Å². The molecule has 1 aromatic heterocycles. The van der Waals surface area contributed by atoms with Gasteiger partial charge in [0.15, 0.2) is 0 Å². The highest BCUT2D eigenvalue weighted by molar-refractivity contribution is 7.10. The van der Waals surface area contributed by atoms with Gasteiger partial charge in [-0.2, -0.15) is 5.10 Å². The van der Waals surface area contributed by atoms with E-state index in [1.807, 2.05) is 31.4 Å². The zero-order valence-electron chi connectivity index (χ0n) is 9.12. The maximum Gasteiger partial charge on any atom is 0.245 e. The van der Waals surface area contributed by atoms with Crippen molar-refractivity contribution in [3.05, 3.63) is 22.4 Å². The van der Waals surface area contributed by atoms with Crippen molar-refractivity contribution in [1.29, 1.82) is 0 Å². The third-order valence-electron chi connectivity index (χ3n) is 2.07. The van der Waals surface area contributed by atoms with Gasteiger partial charge in [-0.3, -0.25) is 4.79 Å². The number of amides is 1. The predicted molar refractivity (Wildman–Crippen MR) is 64.2 cm³/mol. The van der Waals surface area contributed by atoms with Gasteiger partial charge < -0.3 is 0 Å². The number of thiophene rings is 1. The van der Waals surface area contributed by atoms with Crippen molar-refractivity contribution >= 4 is 23.0 Å². The summed E-state index contributed by atoms with van der Waals surface area (Å²) in [7, 11) is 0. The number of hydrogen-bond donors (Lipinski definition) is 1. The Hall–Kier alpha value is -1.16. The molecule has 0 spiro atoms. The van der Waals surface area contributed by atoms with E-state index in [4.69, 9.17) is 0 Å². The first kappa shape index (κ1) is 11.9. The van der Waals surface area contributed by atoms with Crippen LogP contribution in [0.25, 0.3) is 0 Å². The molecule has 1 rings (SSSR count). The molecule has 0 unspecified atom stereocenters. The molecule has 0 aromatic carbocycles.